The molecule has 0 aliphatic rings. The van der Waals surface area contributed by atoms with Crippen molar-refractivity contribution in [2.75, 3.05) is 29.2 Å². The van der Waals surface area contributed by atoms with Gasteiger partial charge in [0.25, 0.3) is 10.8 Å². The average molecular weight is 457 g/mol. The highest BCUT2D eigenvalue weighted by Gasteiger charge is 2.24. The molecule has 0 aromatic carbocycles. The van der Waals surface area contributed by atoms with Gasteiger partial charge in [0.1, 0.15) is 5.82 Å². The van der Waals surface area contributed by atoms with Crippen LogP contribution in [0.5, 0.6) is 0 Å². The molecule has 12 heteroatoms. The first-order valence-corrected chi connectivity index (χ1v) is 12.0. The summed E-state index contributed by atoms with van der Waals surface area (Å²) in [6, 6.07) is 0. The molecule has 0 bridgehead atoms. The van der Waals surface area contributed by atoms with Crippen LogP contribution in [0.25, 0.3) is 0 Å². The van der Waals surface area contributed by atoms with E-state index in [4.69, 9.17) is 10.2 Å². The lowest BCUT2D eigenvalue weighted by molar-refractivity contribution is -0.116. The van der Waals surface area contributed by atoms with E-state index in [9.17, 15) is 14.4 Å². The molecule has 2 aromatic rings. The molecule has 0 fully saturated rings. The second-order valence-corrected chi connectivity index (χ2v) is 8.87. The van der Waals surface area contributed by atoms with Crippen molar-refractivity contribution < 1.29 is 9.21 Å². The second-order valence-electron chi connectivity index (χ2n) is 7.08. The predicted octanol–water partition coefficient (Wildman–Crippen LogP) is 1.95. The summed E-state index contributed by atoms with van der Waals surface area (Å²) < 4.78 is 6.78. The molecular weight excluding hydrogens is 428 g/mol. The van der Waals surface area contributed by atoms with Crippen molar-refractivity contribution in [3.8, 4) is 0 Å². The van der Waals surface area contributed by atoms with Gasteiger partial charge >= 0.3 is 5.69 Å². The van der Waals surface area contributed by atoms with Gasteiger partial charge in [0.15, 0.2) is 5.69 Å². The Hall–Kier alpha value is -2.21. The van der Waals surface area contributed by atoms with Gasteiger partial charge in [-0.1, -0.05) is 39.0 Å². The summed E-state index contributed by atoms with van der Waals surface area (Å²) in [4.78, 5) is 41.4. The van der Waals surface area contributed by atoms with E-state index in [0.717, 1.165) is 18.2 Å². The molecule has 10 nitrogen and oxygen atoms in total. The van der Waals surface area contributed by atoms with Crippen molar-refractivity contribution in [1.82, 2.24) is 19.7 Å². The quantitative estimate of drug-likeness (QED) is 0.485. The molecule has 0 saturated carbocycles. The van der Waals surface area contributed by atoms with Crippen LogP contribution < -0.4 is 21.9 Å². The number of carbonyl (C=O) groups excluding carboxylic acids is 1. The molecule has 2 heterocycles. The van der Waals surface area contributed by atoms with E-state index in [1.54, 1.807) is 11.8 Å². The summed E-state index contributed by atoms with van der Waals surface area (Å²) >= 11 is 2.65. The van der Waals surface area contributed by atoms with E-state index in [-0.39, 0.29) is 34.3 Å². The number of nitrogens with one attached hydrogen (secondary N) is 1. The van der Waals surface area contributed by atoms with Crippen LogP contribution in [0.3, 0.4) is 0 Å². The van der Waals surface area contributed by atoms with Gasteiger partial charge in [0, 0.05) is 13.1 Å². The number of carbonyl (C=O) groups is 1. The lowest BCUT2D eigenvalue weighted by Crippen LogP contribution is -2.42. The number of nitrogens with two attached hydrogens (primary N) is 1. The first-order valence-electron chi connectivity index (χ1n) is 9.65. The number of anilines is 2. The van der Waals surface area contributed by atoms with Gasteiger partial charge in [-0.05, 0) is 18.6 Å². The molecule has 30 heavy (non-hydrogen) atoms. The van der Waals surface area contributed by atoms with Crippen LogP contribution in [-0.2, 0) is 17.1 Å². The van der Waals surface area contributed by atoms with Crippen molar-refractivity contribution in [3.63, 3.8) is 0 Å². The smallest absolute Gasteiger partial charge is 0.330 e. The maximum Gasteiger partial charge on any atom is 0.330 e. The first kappa shape index (κ1) is 24.1. The summed E-state index contributed by atoms with van der Waals surface area (Å²) in [5, 5.41) is 8.12. The molecule has 0 radical (unpaired) electrons. The molecule has 0 atom stereocenters. The highest BCUT2D eigenvalue weighted by molar-refractivity contribution is 7.99. The number of aromatic nitrogens is 4. The van der Waals surface area contributed by atoms with Crippen molar-refractivity contribution in [1.29, 1.82) is 0 Å². The molecule has 0 spiro atoms. The molecule has 3 N–H and O–H groups in total. The molecule has 0 saturated heterocycles. The van der Waals surface area contributed by atoms with Crippen LogP contribution in [0, 0.1) is 5.92 Å². The Labute approximate surface area is 183 Å². The number of nitrogen functional groups attached to an aromatic ring is 1. The monoisotopic (exact) mass is 456 g/mol. The highest BCUT2D eigenvalue weighted by Crippen LogP contribution is 2.22. The van der Waals surface area contributed by atoms with Gasteiger partial charge in [-0.25, -0.2) is 4.79 Å². The molecule has 0 aliphatic heterocycles. The standard InChI is InChI=1S/C18H28N6O4S2/c1-5-6-7-23(13(25)10-30-18-22-21-12(28-18)9-29-4)14-15(19)24(8-11(2)3)17(27)20-16(14)26/h11H,5-10,19H2,1-4H3,(H,20,26,27). The lowest BCUT2D eigenvalue weighted by atomic mass is 10.2. The Bertz CT molecular complexity index is 968. The van der Waals surface area contributed by atoms with Crippen molar-refractivity contribution in [2.24, 2.45) is 5.92 Å². The zero-order valence-electron chi connectivity index (χ0n) is 17.6. The first-order chi connectivity index (χ1) is 14.3. The summed E-state index contributed by atoms with van der Waals surface area (Å²) in [7, 11) is 0. The van der Waals surface area contributed by atoms with E-state index >= 15 is 0 Å². The molecule has 2 aromatic heterocycles. The minimum absolute atomic E-state index is 0.00269. The van der Waals surface area contributed by atoms with Crippen LogP contribution in [0.1, 0.15) is 39.5 Å². The third-order valence-electron chi connectivity index (χ3n) is 4.10. The zero-order valence-corrected chi connectivity index (χ0v) is 19.3. The molecule has 2 rings (SSSR count). The number of rotatable bonds is 11. The van der Waals surface area contributed by atoms with Gasteiger partial charge in [-0.15, -0.1) is 10.2 Å². The van der Waals surface area contributed by atoms with Crippen molar-refractivity contribution in [2.45, 2.75) is 51.1 Å². The SMILES string of the molecule is CCCCN(C(=O)CSc1nnc(CSC)o1)c1c(N)n(CC(C)C)c(=O)[nH]c1=O. The largest absolute Gasteiger partial charge is 0.415 e. The fourth-order valence-corrected chi connectivity index (χ4v) is 3.76. The van der Waals surface area contributed by atoms with Crippen LogP contribution in [0.4, 0.5) is 11.5 Å². The lowest BCUT2D eigenvalue weighted by Gasteiger charge is -2.24. The molecule has 166 valence electrons. The summed E-state index contributed by atoms with van der Waals surface area (Å²) in [6.07, 6.45) is 3.42. The Morgan fingerprint density at radius 3 is 2.70 bits per heavy atom. The average Bonchev–Trinajstić information content (AvgIpc) is 3.13. The van der Waals surface area contributed by atoms with Crippen LogP contribution in [0.2, 0.25) is 0 Å². The number of hydrogen-bond donors (Lipinski definition) is 2. The van der Waals surface area contributed by atoms with Crippen LogP contribution in [0.15, 0.2) is 19.2 Å². The number of nitrogens with zero attached hydrogens (tertiary/aromatic N) is 4. The van der Waals surface area contributed by atoms with Gasteiger partial charge in [-0.3, -0.25) is 19.1 Å². The summed E-state index contributed by atoms with van der Waals surface area (Å²) in [5.74, 6) is 0.867. The maximum atomic E-state index is 13.0. The minimum Gasteiger partial charge on any atom is -0.415 e. The highest BCUT2D eigenvalue weighted by atomic mass is 32.2. The van der Waals surface area contributed by atoms with Crippen molar-refractivity contribution in [3.05, 3.63) is 26.7 Å². The van der Waals surface area contributed by atoms with Gasteiger partial charge in [0.05, 0.1) is 11.5 Å². The Morgan fingerprint density at radius 1 is 1.33 bits per heavy atom. The van der Waals surface area contributed by atoms with Crippen LogP contribution >= 0.6 is 23.5 Å². The van der Waals surface area contributed by atoms with E-state index in [1.807, 2.05) is 27.0 Å². The number of thioether (sulfide) groups is 2. The van der Waals surface area contributed by atoms with E-state index in [0.29, 0.717) is 31.2 Å². The van der Waals surface area contributed by atoms with Gasteiger partial charge in [-0.2, -0.15) is 11.8 Å². The number of H-pyrrole nitrogens is 1. The number of aromatic amines is 1. The number of unbranched alkanes of at least 4 members (excludes halogenated alkanes) is 1. The minimum atomic E-state index is -0.674. The fraction of sp³-hybridized carbons (Fsp3) is 0.611. The maximum absolute atomic E-state index is 13.0. The number of hydrogen-bond acceptors (Lipinski definition) is 9. The van der Waals surface area contributed by atoms with Crippen LogP contribution in [-0.4, -0.2) is 44.2 Å². The number of amides is 1. The molecule has 0 unspecified atom stereocenters. The Balaban J connectivity index is 2.30. The molecule has 1 amide bonds. The zero-order chi connectivity index (χ0) is 22.3. The van der Waals surface area contributed by atoms with E-state index in [2.05, 4.69) is 15.2 Å². The Morgan fingerprint density at radius 2 is 2.07 bits per heavy atom. The van der Waals surface area contributed by atoms with E-state index in [1.165, 1.54) is 9.47 Å². The van der Waals surface area contributed by atoms with E-state index < -0.39 is 11.2 Å². The third kappa shape index (κ3) is 6.14. The normalized spacial score (nSPS) is 11.2. The topological polar surface area (TPSA) is 140 Å². The van der Waals surface area contributed by atoms with Gasteiger partial charge < -0.3 is 15.1 Å². The third-order valence-corrected chi connectivity index (χ3v) is 5.44. The summed E-state index contributed by atoms with van der Waals surface area (Å²) in [6.45, 7) is 6.49. The molecule has 0 aliphatic carbocycles. The second kappa shape index (κ2) is 11.3. The summed E-state index contributed by atoms with van der Waals surface area (Å²) in [5.41, 5.74) is 4.93. The van der Waals surface area contributed by atoms with Gasteiger partial charge in [0.2, 0.25) is 11.8 Å². The van der Waals surface area contributed by atoms with Crippen molar-refractivity contribution >= 4 is 40.9 Å². The molecular formula is C18H28N6O4S2. The predicted molar refractivity (Wildman–Crippen MR) is 120 cm³/mol. The fourth-order valence-electron chi connectivity index (χ4n) is 2.74. The Kier molecular flexibility index (Phi) is 9.03.